The van der Waals surface area contributed by atoms with E-state index in [4.69, 9.17) is 0 Å². The van der Waals surface area contributed by atoms with E-state index in [0.29, 0.717) is 0 Å². The molecule has 8 heteroatoms. The fraction of sp³-hybridized carbons (Fsp3) is 0.778. The number of ether oxygens (including phenoxy) is 1. The van der Waals surface area contributed by atoms with Gasteiger partial charge in [-0.3, -0.25) is 9.59 Å². The van der Waals surface area contributed by atoms with Crippen molar-refractivity contribution in [1.29, 1.82) is 0 Å². The van der Waals surface area contributed by atoms with Gasteiger partial charge in [-0.1, -0.05) is 0 Å². The zero-order valence-electron chi connectivity index (χ0n) is 10.2. The fourth-order valence-electron chi connectivity index (χ4n) is 0.911. The average Bonchev–Trinajstić information content (AvgIpc) is 2.25. The molecule has 1 N–H and O–H groups in total. The van der Waals surface area contributed by atoms with Gasteiger partial charge >= 0.3 is 5.97 Å². The Kier molecular flexibility index (Phi) is 6.74. The summed E-state index contributed by atoms with van der Waals surface area (Å²) >= 11 is 0. The van der Waals surface area contributed by atoms with Gasteiger partial charge in [-0.05, 0) is 6.42 Å². The molecule has 0 saturated heterocycles. The van der Waals surface area contributed by atoms with Crippen LogP contribution >= 0.6 is 0 Å². The van der Waals surface area contributed by atoms with Crippen LogP contribution in [0.1, 0.15) is 12.8 Å². The van der Waals surface area contributed by atoms with Gasteiger partial charge in [0.25, 0.3) is 0 Å². The minimum atomic E-state index is -3.52. The van der Waals surface area contributed by atoms with Crippen LogP contribution in [-0.2, 0) is 24.3 Å². The molecule has 0 aromatic heterocycles. The van der Waals surface area contributed by atoms with E-state index < -0.39 is 16.0 Å². The molecule has 0 aromatic carbocycles. The normalized spacial score (nSPS) is 11.0. The number of rotatable bonds is 7. The highest BCUT2D eigenvalue weighted by atomic mass is 32.2. The van der Waals surface area contributed by atoms with Gasteiger partial charge in [0.15, 0.2) is 0 Å². The maximum atomic E-state index is 11.4. The van der Waals surface area contributed by atoms with Gasteiger partial charge in [0.05, 0.1) is 19.4 Å². The molecule has 0 rings (SSSR count). The van der Waals surface area contributed by atoms with Crippen LogP contribution in [0.5, 0.6) is 0 Å². The zero-order valence-corrected chi connectivity index (χ0v) is 11.0. The minimum Gasteiger partial charge on any atom is -0.469 e. The molecule has 0 atom stereocenters. The summed E-state index contributed by atoms with van der Waals surface area (Å²) in [7, 11) is 0.793. The van der Waals surface area contributed by atoms with Gasteiger partial charge in [0.2, 0.25) is 15.9 Å². The molecule has 0 aliphatic carbocycles. The Balaban J connectivity index is 3.97. The highest BCUT2D eigenvalue weighted by Gasteiger charge is 2.14. The van der Waals surface area contributed by atoms with Crippen LogP contribution in [0, 0.1) is 0 Å². The van der Waals surface area contributed by atoms with Crippen molar-refractivity contribution in [2.24, 2.45) is 0 Å². The summed E-state index contributed by atoms with van der Waals surface area (Å²) < 4.78 is 29.3. The minimum absolute atomic E-state index is 0.0407. The molecular formula is C9H18N2O5S. The van der Waals surface area contributed by atoms with Crippen molar-refractivity contribution >= 4 is 21.9 Å². The summed E-state index contributed by atoms with van der Waals surface area (Å²) in [5.41, 5.74) is 0. The lowest BCUT2D eigenvalue weighted by Crippen LogP contribution is -2.37. The molecular weight excluding hydrogens is 248 g/mol. The van der Waals surface area contributed by atoms with E-state index in [0.717, 1.165) is 0 Å². The van der Waals surface area contributed by atoms with Crippen molar-refractivity contribution in [2.75, 3.05) is 33.5 Å². The topological polar surface area (TPSA) is 92.8 Å². The Morgan fingerprint density at radius 2 is 1.88 bits per heavy atom. The molecule has 0 bridgehead atoms. The molecule has 0 saturated carbocycles. The number of esters is 1. The number of nitrogens with zero attached hydrogens (tertiary/aromatic N) is 1. The number of likely N-dealkylation sites (N-methyl/N-ethyl adjacent to an activating group) is 1. The first-order valence-electron chi connectivity index (χ1n) is 5.03. The van der Waals surface area contributed by atoms with Gasteiger partial charge in [-0.2, -0.15) is 0 Å². The van der Waals surface area contributed by atoms with Gasteiger partial charge in [-0.25, -0.2) is 13.1 Å². The second-order valence-corrected chi connectivity index (χ2v) is 5.53. The quantitative estimate of drug-likeness (QED) is 0.593. The van der Waals surface area contributed by atoms with Crippen molar-refractivity contribution in [3.63, 3.8) is 0 Å². The third-order valence-corrected chi connectivity index (χ3v) is 3.37. The van der Waals surface area contributed by atoms with Gasteiger partial charge in [0, 0.05) is 20.5 Å². The van der Waals surface area contributed by atoms with Crippen molar-refractivity contribution < 1.29 is 22.7 Å². The summed E-state index contributed by atoms with van der Waals surface area (Å²) in [4.78, 5) is 23.2. The van der Waals surface area contributed by atoms with E-state index in [2.05, 4.69) is 9.46 Å². The lowest BCUT2D eigenvalue weighted by Gasteiger charge is -2.11. The molecule has 0 spiro atoms. The standard InChI is InChI=1S/C9H18N2O5S/c1-11(2)8(12)7-10-17(14,15)6-4-5-9(13)16-3/h10H,4-7H2,1-3H3. The molecule has 0 aliphatic heterocycles. The predicted molar refractivity (Wildman–Crippen MR) is 61.7 cm³/mol. The lowest BCUT2D eigenvalue weighted by atomic mass is 10.3. The molecule has 100 valence electrons. The van der Waals surface area contributed by atoms with Gasteiger partial charge < -0.3 is 9.64 Å². The molecule has 0 unspecified atom stereocenters. The second kappa shape index (κ2) is 7.23. The molecule has 7 nitrogen and oxygen atoms in total. The highest BCUT2D eigenvalue weighted by Crippen LogP contribution is 1.96. The number of carbonyl (C=O) groups excluding carboxylic acids is 2. The number of methoxy groups -OCH3 is 1. The number of amides is 1. The maximum absolute atomic E-state index is 11.4. The third kappa shape index (κ3) is 7.70. The highest BCUT2D eigenvalue weighted by molar-refractivity contribution is 7.89. The summed E-state index contributed by atoms with van der Waals surface area (Å²) in [6.45, 7) is -0.270. The summed E-state index contributed by atoms with van der Waals surface area (Å²) in [5, 5.41) is 0. The molecule has 0 fully saturated rings. The van der Waals surface area contributed by atoms with E-state index in [1.54, 1.807) is 0 Å². The van der Waals surface area contributed by atoms with E-state index in [9.17, 15) is 18.0 Å². The smallest absolute Gasteiger partial charge is 0.305 e. The molecule has 0 aromatic rings. The largest absolute Gasteiger partial charge is 0.469 e. The average molecular weight is 266 g/mol. The summed E-state index contributed by atoms with van der Waals surface area (Å²) in [5.74, 6) is -0.992. The zero-order chi connectivity index (χ0) is 13.5. The number of sulfonamides is 1. The molecule has 0 aliphatic rings. The van der Waals surface area contributed by atoms with Crippen LogP contribution < -0.4 is 4.72 Å². The first-order chi connectivity index (χ1) is 7.78. The van der Waals surface area contributed by atoms with Crippen LogP contribution in [0.4, 0.5) is 0 Å². The van der Waals surface area contributed by atoms with Gasteiger partial charge in [0.1, 0.15) is 0 Å². The number of nitrogens with one attached hydrogen (secondary N) is 1. The SMILES string of the molecule is COC(=O)CCCS(=O)(=O)NCC(=O)N(C)C. The van der Waals surface area contributed by atoms with Crippen LogP contribution in [0.25, 0.3) is 0 Å². The number of hydrogen-bond acceptors (Lipinski definition) is 5. The van der Waals surface area contributed by atoms with Crippen molar-refractivity contribution in [3.05, 3.63) is 0 Å². The number of carbonyl (C=O) groups is 2. The predicted octanol–water partition coefficient (Wildman–Crippen LogP) is -1.05. The Labute approximate surface area is 101 Å². The molecule has 0 heterocycles. The molecule has 0 radical (unpaired) electrons. The fourth-order valence-corrected chi connectivity index (χ4v) is 1.92. The Morgan fingerprint density at radius 3 is 2.35 bits per heavy atom. The van der Waals surface area contributed by atoms with E-state index in [1.165, 1.54) is 26.1 Å². The Morgan fingerprint density at radius 1 is 1.29 bits per heavy atom. The van der Waals surface area contributed by atoms with E-state index >= 15 is 0 Å². The maximum Gasteiger partial charge on any atom is 0.305 e. The monoisotopic (exact) mass is 266 g/mol. The first-order valence-corrected chi connectivity index (χ1v) is 6.68. The number of hydrogen-bond donors (Lipinski definition) is 1. The molecule has 1 amide bonds. The van der Waals surface area contributed by atoms with Crippen molar-refractivity contribution in [3.8, 4) is 0 Å². The van der Waals surface area contributed by atoms with Crippen LogP contribution in [-0.4, -0.2) is 58.7 Å². The van der Waals surface area contributed by atoms with Crippen LogP contribution in [0.2, 0.25) is 0 Å². The van der Waals surface area contributed by atoms with E-state index in [-0.39, 0.29) is 31.0 Å². The van der Waals surface area contributed by atoms with Crippen LogP contribution in [0.15, 0.2) is 0 Å². The van der Waals surface area contributed by atoms with Crippen LogP contribution in [0.3, 0.4) is 0 Å². The second-order valence-electron chi connectivity index (χ2n) is 3.61. The third-order valence-electron chi connectivity index (χ3n) is 1.96. The Hall–Kier alpha value is -1.15. The summed E-state index contributed by atoms with van der Waals surface area (Å²) in [6, 6.07) is 0. The van der Waals surface area contributed by atoms with Gasteiger partial charge in [-0.15, -0.1) is 0 Å². The molecule has 17 heavy (non-hydrogen) atoms. The van der Waals surface area contributed by atoms with Crippen molar-refractivity contribution in [2.45, 2.75) is 12.8 Å². The van der Waals surface area contributed by atoms with E-state index in [1.807, 2.05) is 0 Å². The lowest BCUT2D eigenvalue weighted by molar-refractivity contribution is -0.140. The summed E-state index contributed by atoms with van der Waals surface area (Å²) in [6.07, 6.45) is 0.206. The first kappa shape index (κ1) is 15.9. The Bertz CT molecular complexity index is 364. The van der Waals surface area contributed by atoms with Crippen molar-refractivity contribution in [1.82, 2.24) is 9.62 Å².